The van der Waals surface area contributed by atoms with Gasteiger partial charge in [-0.3, -0.25) is 0 Å². The Morgan fingerprint density at radius 1 is 0.526 bits per heavy atom. The number of rotatable bonds is 1. The highest BCUT2D eigenvalue weighted by Crippen LogP contribution is 2.28. The molecule has 1 aliphatic carbocycles. The van der Waals surface area contributed by atoms with Gasteiger partial charge in [-0.05, 0) is 51.4 Å². The maximum Gasteiger partial charge on any atom is 0.0888 e. The van der Waals surface area contributed by atoms with Gasteiger partial charge in [0.15, 0.2) is 0 Å². The van der Waals surface area contributed by atoms with Crippen LogP contribution in [0.1, 0.15) is 89.9 Å². The maximum atomic E-state index is 2.59. The van der Waals surface area contributed by atoms with Gasteiger partial charge in [-0.25, -0.2) is 0 Å². The molecule has 1 saturated heterocycles. The lowest BCUT2D eigenvalue weighted by Crippen LogP contribution is -2.53. The highest BCUT2D eigenvalue weighted by Gasteiger charge is 2.31. The Morgan fingerprint density at radius 3 is 1.37 bits per heavy atom. The molecule has 1 saturated carbocycles. The largest absolute Gasteiger partial charge is 0.324 e. The van der Waals surface area contributed by atoms with Crippen molar-refractivity contribution in [3.05, 3.63) is 0 Å². The molecule has 0 unspecified atom stereocenters. The summed E-state index contributed by atoms with van der Waals surface area (Å²) in [5.74, 6) is 0. The molecule has 2 fully saturated rings. The molecule has 1 nitrogen and oxygen atoms in total. The van der Waals surface area contributed by atoms with Crippen molar-refractivity contribution in [3.8, 4) is 0 Å². The zero-order valence-corrected chi connectivity index (χ0v) is 13.3. The van der Waals surface area contributed by atoms with Crippen LogP contribution in [0, 0.1) is 0 Å². The average Bonchev–Trinajstić information content (AvgIpc) is 2.61. The van der Waals surface area contributed by atoms with Crippen molar-refractivity contribution in [2.45, 2.75) is 95.9 Å². The van der Waals surface area contributed by atoms with Crippen LogP contribution >= 0.6 is 0 Å². The predicted molar refractivity (Wildman–Crippen MR) is 84.3 cm³/mol. The van der Waals surface area contributed by atoms with E-state index in [1.807, 2.05) is 0 Å². The first kappa shape index (κ1) is 15.4. The number of hydrogen-bond donors (Lipinski definition) is 0. The molecule has 0 aromatic carbocycles. The second-order valence-electron chi connectivity index (χ2n) is 7.40. The molecule has 2 rings (SSSR count). The van der Waals surface area contributed by atoms with Crippen LogP contribution in [0.3, 0.4) is 0 Å². The Morgan fingerprint density at radius 2 is 0.895 bits per heavy atom. The van der Waals surface area contributed by atoms with Gasteiger partial charge in [0.2, 0.25) is 0 Å². The summed E-state index contributed by atoms with van der Waals surface area (Å²) in [5, 5.41) is 0. The van der Waals surface area contributed by atoms with Crippen LogP contribution in [0.4, 0.5) is 0 Å². The van der Waals surface area contributed by atoms with Gasteiger partial charge in [-0.15, -0.1) is 0 Å². The minimum Gasteiger partial charge on any atom is -0.324 e. The van der Waals surface area contributed by atoms with Crippen LogP contribution in [0.5, 0.6) is 0 Å². The summed E-state index contributed by atoms with van der Waals surface area (Å²) in [4.78, 5) is 0. The van der Waals surface area contributed by atoms with Gasteiger partial charge in [-0.2, -0.15) is 0 Å². The topological polar surface area (TPSA) is 0 Å². The molecule has 0 N–H and O–H groups in total. The molecule has 0 spiro atoms. The van der Waals surface area contributed by atoms with E-state index < -0.39 is 0 Å². The summed E-state index contributed by atoms with van der Waals surface area (Å²) in [6, 6.07) is 0.983. The Bertz CT molecular complexity index is 216. The van der Waals surface area contributed by atoms with Gasteiger partial charge in [0, 0.05) is 0 Å². The zero-order valence-electron chi connectivity index (χ0n) is 13.3. The van der Waals surface area contributed by atoms with Crippen molar-refractivity contribution in [1.29, 1.82) is 0 Å². The second kappa shape index (κ2) is 8.29. The van der Waals surface area contributed by atoms with Crippen molar-refractivity contribution < 1.29 is 4.48 Å². The molecular weight excluding hydrogens is 230 g/mol. The third-order valence-corrected chi connectivity index (χ3v) is 5.79. The Labute approximate surface area is 121 Å². The fraction of sp³-hybridized carbons (Fsp3) is 1.00. The van der Waals surface area contributed by atoms with E-state index in [1.165, 1.54) is 107 Å². The number of quaternary nitrogens is 1. The summed E-state index contributed by atoms with van der Waals surface area (Å²) < 4.78 is 1.42. The standard InChI is InChI=1S/C18H36N/c1-19(16-12-8-4-5-9-13-17-19)18-14-10-6-2-3-7-11-15-18/h18H,2-17H2,1H3/q+1. The van der Waals surface area contributed by atoms with Crippen molar-refractivity contribution in [1.82, 2.24) is 0 Å². The second-order valence-corrected chi connectivity index (χ2v) is 7.40. The first-order chi connectivity index (χ1) is 9.31. The summed E-state index contributed by atoms with van der Waals surface area (Å²) in [6.07, 6.45) is 20.9. The van der Waals surface area contributed by atoms with E-state index in [2.05, 4.69) is 7.05 Å². The molecule has 0 radical (unpaired) electrons. The van der Waals surface area contributed by atoms with Crippen molar-refractivity contribution in [3.63, 3.8) is 0 Å². The summed E-state index contributed by atoms with van der Waals surface area (Å²) >= 11 is 0. The van der Waals surface area contributed by atoms with Crippen molar-refractivity contribution in [2.75, 3.05) is 20.1 Å². The smallest absolute Gasteiger partial charge is 0.0888 e. The van der Waals surface area contributed by atoms with Crippen LogP contribution in [-0.4, -0.2) is 30.7 Å². The van der Waals surface area contributed by atoms with E-state index in [-0.39, 0.29) is 0 Å². The molecule has 0 bridgehead atoms. The molecule has 1 heteroatoms. The van der Waals surface area contributed by atoms with E-state index in [0.717, 1.165) is 6.04 Å². The zero-order chi connectivity index (χ0) is 13.4. The Kier molecular flexibility index (Phi) is 6.70. The van der Waals surface area contributed by atoms with Crippen LogP contribution in [-0.2, 0) is 0 Å². The molecule has 1 aliphatic heterocycles. The van der Waals surface area contributed by atoms with E-state index in [1.54, 1.807) is 0 Å². The van der Waals surface area contributed by atoms with Gasteiger partial charge < -0.3 is 4.48 Å². The minimum atomic E-state index is 0.983. The molecule has 0 aromatic rings. The van der Waals surface area contributed by atoms with Crippen molar-refractivity contribution in [2.24, 2.45) is 0 Å². The van der Waals surface area contributed by atoms with Crippen LogP contribution in [0.2, 0.25) is 0 Å². The first-order valence-corrected chi connectivity index (χ1v) is 9.15. The van der Waals surface area contributed by atoms with E-state index >= 15 is 0 Å². The maximum absolute atomic E-state index is 2.59. The molecule has 0 amide bonds. The van der Waals surface area contributed by atoms with Gasteiger partial charge >= 0.3 is 0 Å². The molecular formula is C18H36N+. The lowest BCUT2D eigenvalue weighted by molar-refractivity contribution is -0.934. The molecule has 0 aromatic heterocycles. The Balaban J connectivity index is 1.95. The average molecular weight is 266 g/mol. The molecule has 1 heterocycles. The van der Waals surface area contributed by atoms with Gasteiger partial charge in [0.05, 0.1) is 26.2 Å². The number of hydrogen-bond acceptors (Lipinski definition) is 0. The lowest BCUT2D eigenvalue weighted by Gasteiger charge is -2.42. The van der Waals surface area contributed by atoms with E-state index in [9.17, 15) is 0 Å². The quantitative estimate of drug-likeness (QED) is 0.566. The summed E-state index contributed by atoms with van der Waals surface area (Å²) in [5.41, 5.74) is 0. The normalized spacial score (nSPS) is 28.3. The third kappa shape index (κ3) is 5.10. The first-order valence-electron chi connectivity index (χ1n) is 9.15. The van der Waals surface area contributed by atoms with Gasteiger partial charge in [0.25, 0.3) is 0 Å². The van der Waals surface area contributed by atoms with Gasteiger partial charge in [-0.1, -0.05) is 38.5 Å². The molecule has 0 atom stereocenters. The highest BCUT2D eigenvalue weighted by molar-refractivity contribution is 4.65. The van der Waals surface area contributed by atoms with Crippen LogP contribution in [0.25, 0.3) is 0 Å². The van der Waals surface area contributed by atoms with Crippen LogP contribution in [0.15, 0.2) is 0 Å². The number of nitrogens with zero attached hydrogens (tertiary/aromatic N) is 1. The summed E-state index contributed by atoms with van der Waals surface area (Å²) in [7, 11) is 2.59. The van der Waals surface area contributed by atoms with E-state index in [0.29, 0.717) is 0 Å². The molecule has 19 heavy (non-hydrogen) atoms. The monoisotopic (exact) mass is 266 g/mol. The van der Waals surface area contributed by atoms with E-state index in [4.69, 9.17) is 0 Å². The van der Waals surface area contributed by atoms with Crippen molar-refractivity contribution >= 4 is 0 Å². The summed E-state index contributed by atoms with van der Waals surface area (Å²) in [6.45, 7) is 2.93. The van der Waals surface area contributed by atoms with Gasteiger partial charge in [0.1, 0.15) is 0 Å². The fourth-order valence-corrected chi connectivity index (χ4v) is 4.36. The molecule has 2 aliphatic rings. The Hall–Kier alpha value is -0.0400. The lowest BCUT2D eigenvalue weighted by atomic mass is 9.99. The third-order valence-electron chi connectivity index (χ3n) is 5.79. The highest BCUT2D eigenvalue weighted by atomic mass is 15.4. The SMILES string of the molecule is C[N+]1(C2CCCCCCCC2)CCCCCCCC1. The predicted octanol–water partition coefficient (Wildman–Crippen LogP) is 5.29. The van der Waals surface area contributed by atoms with Crippen LogP contribution < -0.4 is 0 Å². The minimum absolute atomic E-state index is 0.983. The molecule has 112 valence electrons. The fourth-order valence-electron chi connectivity index (χ4n) is 4.36.